The van der Waals surface area contributed by atoms with E-state index in [1.807, 2.05) is 0 Å². The number of hydrogen-bond acceptors (Lipinski definition) is 7. The van der Waals surface area contributed by atoms with Gasteiger partial charge in [0.05, 0.1) is 0 Å². The molecule has 0 bridgehead atoms. The van der Waals surface area contributed by atoms with Crippen molar-refractivity contribution in [2.75, 3.05) is 41.3 Å². The largest absolute Gasteiger partial charge is 0.340 e. The molecule has 1 aromatic carbocycles. The fourth-order valence-electron chi connectivity index (χ4n) is 2.85. The van der Waals surface area contributed by atoms with Gasteiger partial charge in [0.25, 0.3) is 0 Å². The molecule has 0 radical (unpaired) electrons. The number of aromatic nitrogens is 4. The Morgan fingerprint density at radius 1 is 0.778 bits per heavy atom. The molecule has 0 spiro atoms. The zero-order valence-corrected chi connectivity index (χ0v) is 14.4. The molecule has 1 fully saturated rings. The molecule has 138 valence electrons. The van der Waals surface area contributed by atoms with Gasteiger partial charge in [0, 0.05) is 56.5 Å². The van der Waals surface area contributed by atoms with Gasteiger partial charge in [-0.2, -0.15) is 4.98 Å². The number of piperazine rings is 1. The second-order valence-electron chi connectivity index (χ2n) is 6.02. The van der Waals surface area contributed by atoms with E-state index in [0.717, 1.165) is 38.3 Å². The summed E-state index contributed by atoms with van der Waals surface area (Å²) in [5.41, 5.74) is 0.421. The highest BCUT2D eigenvalue weighted by Crippen LogP contribution is 2.20. The van der Waals surface area contributed by atoms with Crippen LogP contribution < -0.4 is 15.1 Å². The molecule has 1 saturated heterocycles. The Labute approximate surface area is 154 Å². The molecule has 1 N–H and O–H groups in total. The standard InChI is InChI=1S/C18H17F2N7/c19-14-3-2-13(12-15(14)20)24-16-4-7-23-18(25-16)27-10-8-26(9-11-27)17-21-5-1-6-22-17/h1-7,12H,8-11H2,(H,23,24,25). The first kappa shape index (κ1) is 17.1. The summed E-state index contributed by atoms with van der Waals surface area (Å²) >= 11 is 0. The molecule has 3 aromatic rings. The lowest BCUT2D eigenvalue weighted by Crippen LogP contribution is -2.47. The monoisotopic (exact) mass is 369 g/mol. The van der Waals surface area contributed by atoms with Gasteiger partial charge in [-0.1, -0.05) is 0 Å². The smallest absolute Gasteiger partial charge is 0.227 e. The van der Waals surface area contributed by atoms with Crippen LogP contribution in [-0.4, -0.2) is 46.1 Å². The molecule has 7 nitrogen and oxygen atoms in total. The number of halogens is 2. The summed E-state index contributed by atoms with van der Waals surface area (Å²) in [7, 11) is 0. The predicted octanol–water partition coefficient (Wildman–Crippen LogP) is 2.62. The normalized spacial score (nSPS) is 14.3. The van der Waals surface area contributed by atoms with E-state index in [-0.39, 0.29) is 0 Å². The number of nitrogens with one attached hydrogen (secondary N) is 1. The van der Waals surface area contributed by atoms with Crippen LogP contribution in [0.5, 0.6) is 0 Å². The Morgan fingerprint density at radius 3 is 2.15 bits per heavy atom. The van der Waals surface area contributed by atoms with E-state index in [9.17, 15) is 8.78 Å². The molecule has 0 amide bonds. The van der Waals surface area contributed by atoms with Gasteiger partial charge >= 0.3 is 0 Å². The molecule has 0 atom stereocenters. The van der Waals surface area contributed by atoms with Crippen LogP contribution in [0.25, 0.3) is 0 Å². The van der Waals surface area contributed by atoms with Gasteiger partial charge in [0.1, 0.15) is 5.82 Å². The highest BCUT2D eigenvalue weighted by molar-refractivity contribution is 5.57. The lowest BCUT2D eigenvalue weighted by molar-refractivity contribution is 0.509. The summed E-state index contributed by atoms with van der Waals surface area (Å²) in [6, 6.07) is 7.09. The second-order valence-corrected chi connectivity index (χ2v) is 6.02. The maximum absolute atomic E-state index is 13.4. The quantitative estimate of drug-likeness (QED) is 0.758. The van der Waals surface area contributed by atoms with Crippen molar-refractivity contribution in [1.82, 2.24) is 19.9 Å². The highest BCUT2D eigenvalue weighted by Gasteiger charge is 2.20. The van der Waals surface area contributed by atoms with Crippen LogP contribution in [0.15, 0.2) is 48.9 Å². The summed E-state index contributed by atoms with van der Waals surface area (Å²) in [6.07, 6.45) is 5.09. The molecule has 0 aliphatic carbocycles. The molecule has 1 aliphatic heterocycles. The van der Waals surface area contributed by atoms with Gasteiger partial charge in [-0.05, 0) is 24.3 Å². The molecular formula is C18H17F2N7. The van der Waals surface area contributed by atoms with E-state index in [4.69, 9.17) is 0 Å². The summed E-state index contributed by atoms with van der Waals surface area (Å²) < 4.78 is 26.4. The Balaban J connectivity index is 1.43. The van der Waals surface area contributed by atoms with E-state index < -0.39 is 11.6 Å². The van der Waals surface area contributed by atoms with Crippen molar-refractivity contribution in [3.8, 4) is 0 Å². The molecule has 9 heteroatoms. The number of rotatable bonds is 4. The summed E-state index contributed by atoms with van der Waals surface area (Å²) in [5.74, 6) is 0.0144. The fraction of sp³-hybridized carbons (Fsp3) is 0.222. The van der Waals surface area contributed by atoms with Crippen LogP contribution in [0.2, 0.25) is 0 Å². The van der Waals surface area contributed by atoms with Crippen molar-refractivity contribution in [2.24, 2.45) is 0 Å². The first-order valence-corrected chi connectivity index (χ1v) is 8.51. The van der Waals surface area contributed by atoms with Crippen LogP contribution in [0.3, 0.4) is 0 Å². The van der Waals surface area contributed by atoms with Crippen LogP contribution in [-0.2, 0) is 0 Å². The average molecular weight is 369 g/mol. The van der Waals surface area contributed by atoms with Crippen molar-refractivity contribution in [1.29, 1.82) is 0 Å². The summed E-state index contributed by atoms with van der Waals surface area (Å²) in [6.45, 7) is 2.97. The molecule has 27 heavy (non-hydrogen) atoms. The molecule has 0 saturated carbocycles. The molecule has 2 aromatic heterocycles. The fourth-order valence-corrected chi connectivity index (χ4v) is 2.85. The molecule has 1 aliphatic rings. The molecule has 4 rings (SSSR count). The summed E-state index contributed by atoms with van der Waals surface area (Å²) in [4.78, 5) is 21.5. The van der Waals surface area contributed by atoms with Gasteiger partial charge in [-0.3, -0.25) is 0 Å². The highest BCUT2D eigenvalue weighted by atomic mass is 19.2. The first-order chi connectivity index (χ1) is 13.2. The van der Waals surface area contributed by atoms with Gasteiger partial charge in [0.2, 0.25) is 11.9 Å². The first-order valence-electron chi connectivity index (χ1n) is 8.51. The third kappa shape index (κ3) is 3.91. The maximum Gasteiger partial charge on any atom is 0.227 e. The number of anilines is 4. The van der Waals surface area contributed by atoms with E-state index in [2.05, 4.69) is 35.1 Å². The lowest BCUT2D eigenvalue weighted by atomic mass is 10.3. The zero-order valence-electron chi connectivity index (χ0n) is 14.4. The van der Waals surface area contributed by atoms with E-state index >= 15 is 0 Å². The van der Waals surface area contributed by atoms with Crippen LogP contribution in [0, 0.1) is 11.6 Å². The van der Waals surface area contributed by atoms with Gasteiger partial charge < -0.3 is 15.1 Å². The van der Waals surface area contributed by atoms with Gasteiger partial charge in [0.15, 0.2) is 11.6 Å². The lowest BCUT2D eigenvalue weighted by Gasteiger charge is -2.34. The van der Waals surface area contributed by atoms with Crippen molar-refractivity contribution in [3.63, 3.8) is 0 Å². The van der Waals surface area contributed by atoms with Crippen molar-refractivity contribution in [2.45, 2.75) is 0 Å². The molecule has 3 heterocycles. The Morgan fingerprint density at radius 2 is 1.44 bits per heavy atom. The molecular weight excluding hydrogens is 352 g/mol. The minimum atomic E-state index is -0.909. The SMILES string of the molecule is Fc1ccc(Nc2ccnc(N3CCN(c4ncccn4)CC3)n2)cc1F. The van der Waals surface area contributed by atoms with E-state index in [1.165, 1.54) is 6.07 Å². The van der Waals surface area contributed by atoms with Gasteiger partial charge in [-0.25, -0.2) is 23.7 Å². The van der Waals surface area contributed by atoms with Crippen LogP contribution in [0.1, 0.15) is 0 Å². The van der Waals surface area contributed by atoms with Crippen molar-refractivity contribution < 1.29 is 8.78 Å². The number of nitrogens with zero attached hydrogens (tertiary/aromatic N) is 6. The molecule has 0 unspecified atom stereocenters. The van der Waals surface area contributed by atoms with Gasteiger partial charge in [-0.15, -0.1) is 0 Å². The third-order valence-corrected chi connectivity index (χ3v) is 4.23. The topological polar surface area (TPSA) is 70.1 Å². The predicted molar refractivity (Wildman–Crippen MR) is 98.1 cm³/mol. The third-order valence-electron chi connectivity index (χ3n) is 4.23. The van der Waals surface area contributed by atoms with E-state index in [1.54, 1.807) is 30.7 Å². The van der Waals surface area contributed by atoms with Crippen molar-refractivity contribution in [3.05, 3.63) is 60.6 Å². The minimum absolute atomic E-state index is 0.421. The van der Waals surface area contributed by atoms with E-state index in [0.29, 0.717) is 23.4 Å². The van der Waals surface area contributed by atoms with Crippen molar-refractivity contribution >= 4 is 23.4 Å². The van der Waals surface area contributed by atoms with Crippen LogP contribution >= 0.6 is 0 Å². The number of hydrogen-bond donors (Lipinski definition) is 1. The Hall–Kier alpha value is -3.36. The number of benzene rings is 1. The minimum Gasteiger partial charge on any atom is -0.340 e. The van der Waals surface area contributed by atoms with Crippen LogP contribution in [0.4, 0.5) is 32.2 Å². The zero-order chi connectivity index (χ0) is 18.6. The Bertz CT molecular complexity index is 915. The second kappa shape index (κ2) is 7.48. The Kier molecular flexibility index (Phi) is 4.73. The summed E-state index contributed by atoms with van der Waals surface area (Å²) in [5, 5.41) is 2.97. The average Bonchev–Trinajstić information content (AvgIpc) is 2.72. The maximum atomic E-state index is 13.4.